The van der Waals surface area contributed by atoms with E-state index in [1.165, 1.54) is 16.7 Å². The number of nitrogens with one attached hydrogen (secondary N) is 1. The van der Waals surface area contributed by atoms with Crippen molar-refractivity contribution in [1.82, 2.24) is 14.9 Å². The highest BCUT2D eigenvalue weighted by atomic mass is 35.5. The number of benzene rings is 3. The van der Waals surface area contributed by atoms with Crippen LogP contribution in [0, 0.1) is 13.8 Å². The molecule has 0 amide bonds. The first-order chi connectivity index (χ1) is 17.4. The molecule has 1 heterocycles. The van der Waals surface area contributed by atoms with Crippen LogP contribution in [0.1, 0.15) is 46.0 Å². The summed E-state index contributed by atoms with van der Waals surface area (Å²) in [6, 6.07) is 21.2. The van der Waals surface area contributed by atoms with E-state index in [9.17, 15) is 0 Å². The van der Waals surface area contributed by atoms with E-state index in [4.69, 9.17) is 21.6 Å². The lowest BCUT2D eigenvalue weighted by atomic mass is 9.93. The molecule has 1 aliphatic rings. The number of aromatic nitrogens is 2. The highest BCUT2D eigenvalue weighted by Crippen LogP contribution is 2.44. The SMILES string of the molecule is Cc1ccc(CC2C=C(c3nc(NCCCN(C)C)c4cccc(C)c4n3)c3cccc(Cl)c32)cc1. The molecule has 0 radical (unpaired) electrons. The number of anilines is 1. The van der Waals surface area contributed by atoms with Crippen molar-refractivity contribution in [3.05, 3.63) is 105 Å². The molecular weight excluding hydrogens is 464 g/mol. The fraction of sp³-hybridized carbons (Fsp3) is 0.290. The lowest BCUT2D eigenvalue weighted by Crippen LogP contribution is -2.17. The summed E-state index contributed by atoms with van der Waals surface area (Å²) in [6.45, 7) is 6.12. The van der Waals surface area contributed by atoms with E-state index in [0.29, 0.717) is 0 Å². The first-order valence-electron chi connectivity index (χ1n) is 12.6. The third kappa shape index (κ3) is 5.02. The fourth-order valence-corrected chi connectivity index (χ4v) is 5.32. The molecule has 0 fully saturated rings. The number of hydrogen-bond acceptors (Lipinski definition) is 4. The number of hydrogen-bond donors (Lipinski definition) is 1. The van der Waals surface area contributed by atoms with Crippen molar-refractivity contribution < 1.29 is 0 Å². The zero-order chi connectivity index (χ0) is 25.2. The maximum atomic E-state index is 6.78. The average Bonchev–Trinajstić information content (AvgIpc) is 3.23. The van der Waals surface area contributed by atoms with Gasteiger partial charge in [0, 0.05) is 28.4 Å². The standard InChI is InChI=1S/C31H33ClN4/c1-20-12-14-22(15-13-20)18-23-19-26(24-9-6-11-27(32)28(23)24)31-34-29-21(2)8-5-10-25(29)30(35-31)33-16-7-17-36(3)4/h5-6,8-15,19,23H,7,16-18H2,1-4H3,(H,33,34,35). The summed E-state index contributed by atoms with van der Waals surface area (Å²) in [4.78, 5) is 12.4. The zero-order valence-electron chi connectivity index (χ0n) is 21.5. The molecule has 36 heavy (non-hydrogen) atoms. The number of nitrogens with zero attached hydrogens (tertiary/aromatic N) is 3. The van der Waals surface area contributed by atoms with Crippen LogP contribution in [0.4, 0.5) is 5.82 Å². The minimum absolute atomic E-state index is 0.180. The van der Waals surface area contributed by atoms with E-state index in [1.54, 1.807) is 0 Å². The molecule has 5 rings (SSSR count). The van der Waals surface area contributed by atoms with Gasteiger partial charge in [-0.3, -0.25) is 0 Å². The Balaban J connectivity index is 1.56. The van der Waals surface area contributed by atoms with Crippen molar-refractivity contribution in [2.24, 2.45) is 0 Å². The highest BCUT2D eigenvalue weighted by molar-refractivity contribution is 6.32. The molecule has 0 aliphatic heterocycles. The molecule has 3 aromatic carbocycles. The number of aryl methyl sites for hydroxylation is 2. The molecule has 1 atom stereocenters. The van der Waals surface area contributed by atoms with E-state index < -0.39 is 0 Å². The Morgan fingerprint density at radius 3 is 2.50 bits per heavy atom. The quantitative estimate of drug-likeness (QED) is 0.266. The van der Waals surface area contributed by atoms with Crippen LogP contribution >= 0.6 is 11.6 Å². The van der Waals surface area contributed by atoms with Crippen molar-refractivity contribution >= 4 is 33.9 Å². The van der Waals surface area contributed by atoms with Crippen LogP contribution in [0.5, 0.6) is 0 Å². The molecule has 1 N–H and O–H groups in total. The highest BCUT2D eigenvalue weighted by Gasteiger charge is 2.28. The molecule has 0 spiro atoms. The van der Waals surface area contributed by atoms with Crippen molar-refractivity contribution in [3.63, 3.8) is 0 Å². The van der Waals surface area contributed by atoms with Crippen molar-refractivity contribution in [3.8, 4) is 0 Å². The van der Waals surface area contributed by atoms with Crippen molar-refractivity contribution in [1.29, 1.82) is 0 Å². The number of rotatable bonds is 8. The number of allylic oxidation sites excluding steroid dienone is 1. The molecule has 1 unspecified atom stereocenters. The molecule has 0 saturated heterocycles. The lowest BCUT2D eigenvalue weighted by Gasteiger charge is -2.15. The van der Waals surface area contributed by atoms with Gasteiger partial charge >= 0.3 is 0 Å². The summed E-state index contributed by atoms with van der Waals surface area (Å²) in [5.74, 6) is 1.82. The van der Waals surface area contributed by atoms with Gasteiger partial charge in [0.05, 0.1) is 5.52 Å². The van der Waals surface area contributed by atoms with Gasteiger partial charge in [0.15, 0.2) is 5.82 Å². The molecule has 0 saturated carbocycles. The Labute approximate surface area is 219 Å². The second kappa shape index (κ2) is 10.4. The second-order valence-electron chi connectivity index (χ2n) is 10.0. The van der Waals surface area contributed by atoms with Crippen LogP contribution in [0.2, 0.25) is 5.02 Å². The van der Waals surface area contributed by atoms with Crippen molar-refractivity contribution in [2.45, 2.75) is 32.6 Å². The van der Waals surface area contributed by atoms with E-state index in [-0.39, 0.29) is 5.92 Å². The van der Waals surface area contributed by atoms with Crippen LogP contribution in [0.3, 0.4) is 0 Å². The summed E-state index contributed by atoms with van der Waals surface area (Å²) in [5.41, 5.74) is 8.07. The number of para-hydroxylation sites is 1. The Morgan fingerprint density at radius 1 is 0.944 bits per heavy atom. The molecule has 5 heteroatoms. The summed E-state index contributed by atoms with van der Waals surface area (Å²) < 4.78 is 0. The topological polar surface area (TPSA) is 41.1 Å². The van der Waals surface area contributed by atoms with Crippen LogP contribution in [-0.4, -0.2) is 42.1 Å². The van der Waals surface area contributed by atoms with Gasteiger partial charge < -0.3 is 10.2 Å². The molecule has 1 aliphatic carbocycles. The van der Waals surface area contributed by atoms with Crippen LogP contribution < -0.4 is 5.32 Å². The second-order valence-corrected chi connectivity index (χ2v) is 10.4. The van der Waals surface area contributed by atoms with Crippen LogP contribution in [0.25, 0.3) is 16.5 Å². The predicted octanol–water partition coefficient (Wildman–Crippen LogP) is 7.04. The Bertz CT molecular complexity index is 1420. The molecule has 1 aromatic heterocycles. The molecular formula is C31H33ClN4. The van der Waals surface area contributed by atoms with Crippen LogP contribution in [-0.2, 0) is 6.42 Å². The average molecular weight is 497 g/mol. The maximum absolute atomic E-state index is 6.78. The molecule has 0 bridgehead atoms. The van der Waals surface area contributed by atoms with Crippen LogP contribution in [0.15, 0.2) is 66.7 Å². The molecule has 4 nitrogen and oxygen atoms in total. The number of fused-ring (bicyclic) bond motifs is 2. The van der Waals surface area contributed by atoms with Gasteiger partial charge in [-0.2, -0.15) is 0 Å². The van der Waals surface area contributed by atoms with Gasteiger partial charge in [-0.05, 0) is 81.7 Å². The van der Waals surface area contributed by atoms with E-state index in [0.717, 1.165) is 70.2 Å². The summed E-state index contributed by atoms with van der Waals surface area (Å²) in [7, 11) is 4.20. The molecule has 4 aromatic rings. The Morgan fingerprint density at radius 2 is 1.72 bits per heavy atom. The van der Waals surface area contributed by atoms with E-state index in [1.807, 2.05) is 12.1 Å². The van der Waals surface area contributed by atoms with Gasteiger partial charge in [0.2, 0.25) is 0 Å². The van der Waals surface area contributed by atoms with Gasteiger partial charge in [-0.1, -0.05) is 71.8 Å². The smallest absolute Gasteiger partial charge is 0.162 e. The first kappa shape index (κ1) is 24.5. The summed E-state index contributed by atoms with van der Waals surface area (Å²) in [5, 5.41) is 5.46. The molecule has 184 valence electrons. The van der Waals surface area contributed by atoms with Gasteiger partial charge in [-0.25, -0.2) is 9.97 Å². The first-order valence-corrected chi connectivity index (χ1v) is 13.0. The Hall–Kier alpha value is -3.21. The fourth-order valence-electron chi connectivity index (χ4n) is 5.01. The number of halogens is 1. The maximum Gasteiger partial charge on any atom is 0.162 e. The monoisotopic (exact) mass is 496 g/mol. The lowest BCUT2D eigenvalue weighted by molar-refractivity contribution is 0.405. The van der Waals surface area contributed by atoms with Gasteiger partial charge in [-0.15, -0.1) is 0 Å². The normalized spacial score (nSPS) is 14.8. The van der Waals surface area contributed by atoms with Gasteiger partial charge in [0.25, 0.3) is 0 Å². The summed E-state index contributed by atoms with van der Waals surface area (Å²) in [6.07, 6.45) is 4.24. The predicted molar refractivity (Wildman–Crippen MR) is 152 cm³/mol. The third-order valence-electron chi connectivity index (χ3n) is 6.90. The third-order valence-corrected chi connectivity index (χ3v) is 7.23. The minimum atomic E-state index is 0.180. The zero-order valence-corrected chi connectivity index (χ0v) is 22.2. The van der Waals surface area contributed by atoms with Gasteiger partial charge in [0.1, 0.15) is 5.82 Å². The Kier molecular flexibility index (Phi) is 7.08. The van der Waals surface area contributed by atoms with Crippen molar-refractivity contribution in [2.75, 3.05) is 32.5 Å². The van der Waals surface area contributed by atoms with E-state index in [2.05, 4.69) is 92.8 Å². The minimum Gasteiger partial charge on any atom is -0.369 e. The largest absolute Gasteiger partial charge is 0.369 e. The van der Waals surface area contributed by atoms with E-state index >= 15 is 0 Å². The summed E-state index contributed by atoms with van der Waals surface area (Å²) >= 11 is 6.78.